The zero-order valence-corrected chi connectivity index (χ0v) is 8.38. The van der Waals surface area contributed by atoms with E-state index in [2.05, 4.69) is 19.1 Å². The summed E-state index contributed by atoms with van der Waals surface area (Å²) < 4.78 is 0. The number of carbonyl (C=O) groups is 1. The number of allylic oxidation sites excluding steroid dienone is 2. The Bertz CT molecular complexity index is 242. The van der Waals surface area contributed by atoms with Gasteiger partial charge in [-0.05, 0) is 37.5 Å². The van der Waals surface area contributed by atoms with Crippen LogP contribution in [-0.2, 0) is 4.79 Å². The predicted molar refractivity (Wildman–Crippen MR) is 53.4 cm³/mol. The zero-order valence-electron chi connectivity index (χ0n) is 8.38. The van der Waals surface area contributed by atoms with Gasteiger partial charge in [-0.25, -0.2) is 0 Å². The van der Waals surface area contributed by atoms with Crippen LogP contribution in [0.1, 0.15) is 45.4 Å². The summed E-state index contributed by atoms with van der Waals surface area (Å²) in [4.78, 5) is 11.8. The fourth-order valence-corrected chi connectivity index (χ4v) is 2.89. The fraction of sp³-hybridized carbons (Fsp3) is 0.750. The molecule has 0 bridgehead atoms. The summed E-state index contributed by atoms with van der Waals surface area (Å²) in [5.74, 6) is 0.883. The van der Waals surface area contributed by atoms with E-state index in [1.807, 2.05) is 0 Å². The van der Waals surface area contributed by atoms with Gasteiger partial charge in [0.05, 0.1) is 0 Å². The Morgan fingerprint density at radius 1 is 1.46 bits per heavy atom. The molecule has 2 unspecified atom stereocenters. The van der Waals surface area contributed by atoms with Gasteiger partial charge in [0.1, 0.15) is 5.78 Å². The summed E-state index contributed by atoms with van der Waals surface area (Å²) in [5, 5.41) is 0. The quantitative estimate of drug-likeness (QED) is 0.521. The predicted octanol–water partition coefficient (Wildman–Crippen LogP) is 3.10. The Balaban J connectivity index is 2.22. The van der Waals surface area contributed by atoms with Crippen molar-refractivity contribution in [2.75, 3.05) is 0 Å². The fourth-order valence-electron chi connectivity index (χ4n) is 2.89. The van der Waals surface area contributed by atoms with Crippen LogP contribution in [-0.4, -0.2) is 5.78 Å². The maximum absolute atomic E-state index is 11.8. The van der Waals surface area contributed by atoms with Crippen LogP contribution in [0.2, 0.25) is 0 Å². The number of hydrogen-bond acceptors (Lipinski definition) is 1. The lowest BCUT2D eigenvalue weighted by Gasteiger charge is -2.39. The molecule has 0 aliphatic heterocycles. The largest absolute Gasteiger partial charge is 0.299 e. The summed E-state index contributed by atoms with van der Waals surface area (Å²) >= 11 is 0. The maximum atomic E-state index is 11.8. The molecule has 0 aromatic heterocycles. The van der Waals surface area contributed by atoms with E-state index in [1.165, 1.54) is 6.42 Å². The minimum Gasteiger partial charge on any atom is -0.299 e. The first-order chi connectivity index (χ1) is 6.22. The van der Waals surface area contributed by atoms with Gasteiger partial charge in [-0.2, -0.15) is 0 Å². The molecule has 2 atom stereocenters. The topological polar surface area (TPSA) is 17.1 Å². The molecular weight excluding hydrogens is 160 g/mol. The van der Waals surface area contributed by atoms with Gasteiger partial charge in [-0.1, -0.05) is 19.1 Å². The number of ketones is 1. The normalized spacial score (nSPS) is 39.8. The first-order valence-electron chi connectivity index (χ1n) is 5.40. The molecule has 72 valence electrons. The molecule has 1 saturated carbocycles. The van der Waals surface area contributed by atoms with E-state index in [-0.39, 0.29) is 0 Å². The third-order valence-electron chi connectivity index (χ3n) is 3.77. The molecule has 1 nitrogen and oxygen atoms in total. The van der Waals surface area contributed by atoms with Crippen molar-refractivity contribution in [2.45, 2.75) is 45.4 Å². The SMILES string of the molecule is CC12CC=CCCC1C(=O)CCC2. The molecule has 0 radical (unpaired) electrons. The van der Waals surface area contributed by atoms with Crippen molar-refractivity contribution in [2.24, 2.45) is 11.3 Å². The molecule has 2 aliphatic carbocycles. The smallest absolute Gasteiger partial charge is 0.136 e. The van der Waals surface area contributed by atoms with Gasteiger partial charge in [-0.3, -0.25) is 4.79 Å². The Morgan fingerprint density at radius 2 is 2.31 bits per heavy atom. The van der Waals surface area contributed by atoms with Crippen molar-refractivity contribution in [3.63, 3.8) is 0 Å². The molecule has 1 fully saturated rings. The van der Waals surface area contributed by atoms with E-state index >= 15 is 0 Å². The second-order valence-electron chi connectivity index (χ2n) is 4.78. The van der Waals surface area contributed by atoms with E-state index in [1.54, 1.807) is 0 Å². The van der Waals surface area contributed by atoms with Gasteiger partial charge in [0.15, 0.2) is 0 Å². The number of fused-ring (bicyclic) bond motifs is 1. The first-order valence-corrected chi connectivity index (χ1v) is 5.40. The van der Waals surface area contributed by atoms with E-state index < -0.39 is 0 Å². The summed E-state index contributed by atoms with van der Waals surface area (Å²) in [6.07, 6.45) is 11.0. The Morgan fingerprint density at radius 3 is 3.15 bits per heavy atom. The first kappa shape index (κ1) is 8.98. The van der Waals surface area contributed by atoms with Gasteiger partial charge >= 0.3 is 0 Å². The number of hydrogen-bond donors (Lipinski definition) is 0. The Hall–Kier alpha value is -0.590. The molecule has 2 rings (SSSR count). The number of rotatable bonds is 0. The highest BCUT2D eigenvalue weighted by atomic mass is 16.1. The number of carbonyl (C=O) groups excluding carboxylic acids is 1. The van der Waals surface area contributed by atoms with Crippen LogP contribution in [0.25, 0.3) is 0 Å². The minimum atomic E-state index is 0.294. The van der Waals surface area contributed by atoms with Crippen molar-refractivity contribution in [3.05, 3.63) is 12.2 Å². The van der Waals surface area contributed by atoms with Crippen LogP contribution in [0.3, 0.4) is 0 Å². The van der Waals surface area contributed by atoms with Crippen LogP contribution in [0, 0.1) is 11.3 Å². The third kappa shape index (κ3) is 1.56. The van der Waals surface area contributed by atoms with E-state index in [0.717, 1.165) is 32.1 Å². The molecule has 0 heterocycles. The lowest BCUT2D eigenvalue weighted by atomic mass is 9.64. The zero-order chi connectivity index (χ0) is 9.31. The summed E-state index contributed by atoms with van der Waals surface area (Å²) in [5.41, 5.74) is 0.294. The molecule has 0 amide bonds. The standard InChI is InChI=1S/C12H18O/c1-12-8-4-2-3-6-10(12)11(13)7-5-9-12/h2,4,10H,3,5-9H2,1H3. The molecule has 0 saturated heterocycles. The molecule has 1 heteroatoms. The van der Waals surface area contributed by atoms with Crippen LogP contribution < -0.4 is 0 Å². The maximum Gasteiger partial charge on any atom is 0.136 e. The minimum absolute atomic E-state index is 0.294. The number of Topliss-reactive ketones (excluding diaryl/α,β-unsaturated/α-hetero) is 1. The van der Waals surface area contributed by atoms with E-state index in [0.29, 0.717) is 17.1 Å². The molecule has 2 aliphatic rings. The van der Waals surface area contributed by atoms with Crippen molar-refractivity contribution < 1.29 is 4.79 Å². The van der Waals surface area contributed by atoms with Crippen molar-refractivity contribution >= 4 is 5.78 Å². The van der Waals surface area contributed by atoms with Gasteiger partial charge in [-0.15, -0.1) is 0 Å². The molecule has 0 aromatic carbocycles. The van der Waals surface area contributed by atoms with Crippen LogP contribution >= 0.6 is 0 Å². The highest BCUT2D eigenvalue weighted by Crippen LogP contribution is 2.45. The molecule has 13 heavy (non-hydrogen) atoms. The van der Waals surface area contributed by atoms with E-state index in [9.17, 15) is 4.79 Å². The van der Waals surface area contributed by atoms with E-state index in [4.69, 9.17) is 0 Å². The lowest BCUT2D eigenvalue weighted by molar-refractivity contribution is -0.130. The lowest BCUT2D eigenvalue weighted by Crippen LogP contribution is -2.36. The molecule has 0 aromatic rings. The average molecular weight is 178 g/mol. The van der Waals surface area contributed by atoms with Crippen molar-refractivity contribution in [3.8, 4) is 0 Å². The van der Waals surface area contributed by atoms with Crippen LogP contribution in [0.4, 0.5) is 0 Å². The summed E-state index contributed by atoms with van der Waals surface area (Å²) in [6, 6.07) is 0. The monoisotopic (exact) mass is 178 g/mol. The highest BCUT2D eigenvalue weighted by Gasteiger charge is 2.40. The van der Waals surface area contributed by atoms with Crippen LogP contribution in [0.15, 0.2) is 12.2 Å². The Labute approximate surface area is 80.2 Å². The van der Waals surface area contributed by atoms with Crippen molar-refractivity contribution in [1.29, 1.82) is 0 Å². The second-order valence-corrected chi connectivity index (χ2v) is 4.78. The summed E-state index contributed by atoms with van der Waals surface area (Å²) in [7, 11) is 0. The van der Waals surface area contributed by atoms with Gasteiger partial charge in [0, 0.05) is 12.3 Å². The van der Waals surface area contributed by atoms with Gasteiger partial charge in [0.25, 0.3) is 0 Å². The third-order valence-corrected chi connectivity index (χ3v) is 3.77. The average Bonchev–Trinajstić information content (AvgIpc) is 2.27. The van der Waals surface area contributed by atoms with Gasteiger partial charge < -0.3 is 0 Å². The summed E-state index contributed by atoms with van der Waals surface area (Å²) in [6.45, 7) is 2.30. The molecular formula is C12H18O. The van der Waals surface area contributed by atoms with Crippen molar-refractivity contribution in [1.82, 2.24) is 0 Å². The van der Waals surface area contributed by atoms with Gasteiger partial charge in [0.2, 0.25) is 0 Å². The Kier molecular flexibility index (Phi) is 2.27. The molecule has 0 spiro atoms. The second kappa shape index (κ2) is 3.28. The molecule has 0 N–H and O–H groups in total. The van der Waals surface area contributed by atoms with Crippen LogP contribution in [0.5, 0.6) is 0 Å². The highest BCUT2D eigenvalue weighted by molar-refractivity contribution is 5.82.